The van der Waals surface area contributed by atoms with Crippen LogP contribution in [0.1, 0.15) is 24.0 Å². The molecule has 0 radical (unpaired) electrons. The highest BCUT2D eigenvalue weighted by Gasteiger charge is 2.35. The Morgan fingerprint density at radius 2 is 1.70 bits per heavy atom. The minimum Gasteiger partial charge on any atom is -0.351 e. The summed E-state index contributed by atoms with van der Waals surface area (Å²) >= 11 is 0. The zero-order valence-electron chi connectivity index (χ0n) is 17.6. The zero-order valence-corrected chi connectivity index (χ0v) is 17.6. The highest BCUT2D eigenvalue weighted by molar-refractivity contribution is 5.75. The second kappa shape index (κ2) is 9.43. The van der Waals surface area contributed by atoms with E-state index in [9.17, 15) is 23.3 Å². The topological polar surface area (TPSA) is 84.2 Å². The van der Waals surface area contributed by atoms with Gasteiger partial charge in [0.05, 0.1) is 16.2 Å². The number of hydrogen-bond donors (Lipinski definition) is 1. The maximum Gasteiger partial charge on any atom is 0.418 e. The molecule has 4 rings (SSSR count). The lowest BCUT2D eigenvalue weighted by molar-refractivity contribution is -0.383. The molecular weight excluding hydrogens is 435 g/mol. The Labute approximate surface area is 188 Å². The van der Waals surface area contributed by atoms with Crippen LogP contribution in [-0.4, -0.2) is 28.0 Å². The minimum atomic E-state index is -4.62. The van der Waals surface area contributed by atoms with E-state index in [1.807, 2.05) is 23.1 Å². The standard InChI is InChI=1S/C23H22F3N5O2/c24-23(25,26)18-8-4-5-9-19(18)29-21-20(31(32)33)22(28-15-27-21)30-12-10-17(11-13-30)14-16-6-2-1-3-7-16/h1-9,15,17H,10-14H2,(H,27,28,29). The molecule has 0 spiro atoms. The van der Waals surface area contributed by atoms with Crippen molar-refractivity contribution in [1.29, 1.82) is 0 Å². The molecule has 33 heavy (non-hydrogen) atoms. The molecule has 1 aromatic heterocycles. The quantitative estimate of drug-likeness (QED) is 0.383. The van der Waals surface area contributed by atoms with Gasteiger partial charge in [0.2, 0.25) is 11.6 Å². The Morgan fingerprint density at radius 3 is 2.36 bits per heavy atom. The maximum atomic E-state index is 13.4. The average Bonchev–Trinajstić information content (AvgIpc) is 2.80. The molecule has 0 amide bonds. The molecule has 1 fully saturated rings. The monoisotopic (exact) mass is 457 g/mol. The predicted molar refractivity (Wildman–Crippen MR) is 118 cm³/mol. The molecule has 0 unspecified atom stereocenters. The molecule has 2 heterocycles. The van der Waals surface area contributed by atoms with Crippen molar-refractivity contribution in [2.75, 3.05) is 23.3 Å². The SMILES string of the molecule is O=[N+]([O-])c1c(Nc2ccccc2C(F)(F)F)ncnc1N1CCC(Cc2ccccc2)CC1. The van der Waals surface area contributed by atoms with Crippen LogP contribution in [0.3, 0.4) is 0 Å². The number of nitro groups is 1. The van der Waals surface area contributed by atoms with Crippen molar-refractivity contribution in [3.05, 3.63) is 82.2 Å². The summed E-state index contributed by atoms with van der Waals surface area (Å²) in [6.45, 7) is 1.13. The molecule has 172 valence electrons. The molecular formula is C23H22F3N5O2. The van der Waals surface area contributed by atoms with Gasteiger partial charge in [0, 0.05) is 13.1 Å². The van der Waals surface area contributed by atoms with Crippen molar-refractivity contribution in [1.82, 2.24) is 9.97 Å². The van der Waals surface area contributed by atoms with Crippen LogP contribution in [0.15, 0.2) is 60.9 Å². The van der Waals surface area contributed by atoms with Crippen molar-refractivity contribution in [3.63, 3.8) is 0 Å². The normalized spacial score (nSPS) is 14.8. The number of benzene rings is 2. The summed E-state index contributed by atoms with van der Waals surface area (Å²) in [5, 5.41) is 14.4. The van der Waals surface area contributed by atoms with Crippen LogP contribution in [0.25, 0.3) is 0 Å². The van der Waals surface area contributed by atoms with Crippen molar-refractivity contribution < 1.29 is 18.1 Å². The molecule has 3 aromatic rings. The van der Waals surface area contributed by atoms with E-state index in [1.165, 1.54) is 23.8 Å². The van der Waals surface area contributed by atoms with Crippen molar-refractivity contribution in [2.45, 2.75) is 25.4 Å². The van der Waals surface area contributed by atoms with Gasteiger partial charge in [0.15, 0.2) is 0 Å². The van der Waals surface area contributed by atoms with Gasteiger partial charge in [-0.3, -0.25) is 10.1 Å². The molecule has 2 aromatic carbocycles. The summed E-state index contributed by atoms with van der Waals surface area (Å²) in [6, 6.07) is 14.9. The number of alkyl halides is 3. The molecule has 1 saturated heterocycles. The first-order valence-electron chi connectivity index (χ1n) is 10.5. The molecule has 1 N–H and O–H groups in total. The Balaban J connectivity index is 1.55. The van der Waals surface area contributed by atoms with Gasteiger partial charge in [-0.1, -0.05) is 42.5 Å². The van der Waals surface area contributed by atoms with Gasteiger partial charge in [-0.25, -0.2) is 9.97 Å². The molecule has 0 aliphatic carbocycles. The first-order valence-corrected chi connectivity index (χ1v) is 10.5. The van der Waals surface area contributed by atoms with Gasteiger partial charge < -0.3 is 10.2 Å². The summed E-state index contributed by atoms with van der Waals surface area (Å²) in [4.78, 5) is 21.1. The van der Waals surface area contributed by atoms with Crippen molar-refractivity contribution in [3.8, 4) is 0 Å². The van der Waals surface area contributed by atoms with Gasteiger partial charge in [-0.2, -0.15) is 13.2 Å². The Bertz CT molecular complexity index is 1120. The van der Waals surface area contributed by atoms with Crippen LogP contribution in [0, 0.1) is 16.0 Å². The first-order chi connectivity index (χ1) is 15.8. The van der Waals surface area contributed by atoms with Crippen LogP contribution in [-0.2, 0) is 12.6 Å². The molecule has 0 atom stereocenters. The fourth-order valence-corrected chi connectivity index (χ4v) is 4.12. The van der Waals surface area contributed by atoms with E-state index in [2.05, 4.69) is 27.4 Å². The highest BCUT2D eigenvalue weighted by Crippen LogP contribution is 2.39. The summed E-state index contributed by atoms with van der Waals surface area (Å²) in [5.74, 6) is 0.286. The van der Waals surface area contributed by atoms with E-state index >= 15 is 0 Å². The second-order valence-electron chi connectivity index (χ2n) is 7.94. The number of nitrogens with zero attached hydrogens (tertiary/aromatic N) is 4. The van der Waals surface area contributed by atoms with E-state index in [4.69, 9.17) is 0 Å². The third kappa shape index (κ3) is 5.21. The van der Waals surface area contributed by atoms with Crippen LogP contribution < -0.4 is 10.2 Å². The summed E-state index contributed by atoms with van der Waals surface area (Å²) in [7, 11) is 0. The molecule has 7 nitrogen and oxygen atoms in total. The van der Waals surface area contributed by atoms with Crippen molar-refractivity contribution in [2.24, 2.45) is 5.92 Å². The predicted octanol–water partition coefficient (Wildman–Crippen LogP) is 5.61. The summed E-state index contributed by atoms with van der Waals surface area (Å²) in [6.07, 6.45) is -0.890. The van der Waals surface area contributed by atoms with Gasteiger partial charge in [-0.15, -0.1) is 0 Å². The number of anilines is 3. The van der Waals surface area contributed by atoms with E-state index in [0.29, 0.717) is 19.0 Å². The third-order valence-corrected chi connectivity index (χ3v) is 5.75. The lowest BCUT2D eigenvalue weighted by atomic mass is 9.90. The largest absolute Gasteiger partial charge is 0.418 e. The fraction of sp³-hybridized carbons (Fsp3) is 0.304. The number of halogens is 3. The smallest absolute Gasteiger partial charge is 0.351 e. The zero-order chi connectivity index (χ0) is 23.4. The Morgan fingerprint density at radius 1 is 1.03 bits per heavy atom. The second-order valence-corrected chi connectivity index (χ2v) is 7.94. The lowest BCUT2D eigenvalue weighted by Crippen LogP contribution is -2.35. The number of hydrogen-bond acceptors (Lipinski definition) is 6. The number of rotatable bonds is 6. The number of aromatic nitrogens is 2. The minimum absolute atomic E-state index is 0.111. The van der Waals surface area contributed by atoms with Gasteiger partial charge >= 0.3 is 11.9 Å². The Hall–Kier alpha value is -3.69. The van der Waals surface area contributed by atoms with Gasteiger partial charge in [0.1, 0.15) is 6.33 Å². The molecule has 1 aliphatic heterocycles. The van der Waals surface area contributed by atoms with E-state index in [1.54, 1.807) is 0 Å². The van der Waals surface area contributed by atoms with E-state index in [-0.39, 0.29) is 17.3 Å². The van der Waals surface area contributed by atoms with Crippen LogP contribution in [0.4, 0.5) is 36.2 Å². The number of piperidine rings is 1. The van der Waals surface area contributed by atoms with Crippen molar-refractivity contribution >= 4 is 23.0 Å². The van der Waals surface area contributed by atoms with E-state index in [0.717, 1.165) is 31.7 Å². The lowest BCUT2D eigenvalue weighted by Gasteiger charge is -2.32. The maximum absolute atomic E-state index is 13.4. The highest BCUT2D eigenvalue weighted by atomic mass is 19.4. The van der Waals surface area contributed by atoms with Gasteiger partial charge in [-0.05, 0) is 42.9 Å². The first kappa shape index (κ1) is 22.5. The van der Waals surface area contributed by atoms with E-state index < -0.39 is 22.4 Å². The molecule has 0 bridgehead atoms. The van der Waals surface area contributed by atoms with Crippen LogP contribution in [0.5, 0.6) is 0 Å². The Kier molecular flexibility index (Phi) is 6.43. The molecule has 0 saturated carbocycles. The average molecular weight is 457 g/mol. The summed E-state index contributed by atoms with van der Waals surface area (Å²) in [5.41, 5.74) is -0.421. The van der Waals surface area contributed by atoms with Crippen LogP contribution >= 0.6 is 0 Å². The van der Waals surface area contributed by atoms with Gasteiger partial charge in [0.25, 0.3) is 0 Å². The molecule has 10 heteroatoms. The molecule has 1 aliphatic rings. The number of nitrogens with one attached hydrogen (secondary N) is 1. The van der Waals surface area contributed by atoms with Crippen LogP contribution in [0.2, 0.25) is 0 Å². The fourth-order valence-electron chi connectivity index (χ4n) is 4.12. The third-order valence-electron chi connectivity index (χ3n) is 5.75. The number of para-hydroxylation sites is 1. The summed E-state index contributed by atoms with van der Waals surface area (Å²) < 4.78 is 40.1.